The molecule has 0 spiro atoms. The maximum atomic E-state index is 13.5. The largest absolute Gasteiger partial charge is 0.508 e. The minimum atomic E-state index is -1.01. The van der Waals surface area contributed by atoms with Crippen LogP contribution in [0, 0.1) is 5.92 Å². The van der Waals surface area contributed by atoms with Crippen molar-refractivity contribution in [3.05, 3.63) is 87.9 Å². The Bertz CT molecular complexity index is 1170. The van der Waals surface area contributed by atoms with Crippen LogP contribution in [0.2, 0.25) is 5.02 Å². The number of nitrogens with zero attached hydrogens (tertiary/aromatic N) is 2. The number of hydrogen-bond acceptors (Lipinski definition) is 5. The molecule has 0 bridgehead atoms. The average Bonchev–Trinajstić information content (AvgIpc) is 3.27. The predicted octanol–water partition coefficient (Wildman–Crippen LogP) is 4.86. The van der Waals surface area contributed by atoms with Crippen LogP contribution in [0.1, 0.15) is 11.6 Å². The van der Waals surface area contributed by atoms with E-state index in [1.165, 1.54) is 5.06 Å². The Balaban J connectivity index is 1.63. The Kier molecular flexibility index (Phi) is 4.97. The second-order valence-corrected chi connectivity index (χ2v) is 8.70. The summed E-state index contributed by atoms with van der Waals surface area (Å²) in [6, 6.07) is 19.9. The van der Waals surface area contributed by atoms with Gasteiger partial charge in [-0.15, -0.1) is 0 Å². The highest BCUT2D eigenvalue weighted by atomic mass is 79.9. The number of para-hydroxylation sites is 1. The lowest BCUT2D eigenvalue weighted by atomic mass is 9.90. The number of rotatable bonds is 3. The summed E-state index contributed by atoms with van der Waals surface area (Å²) in [6.07, 6.45) is -1.01. The van der Waals surface area contributed by atoms with Crippen LogP contribution in [0.3, 0.4) is 0 Å². The number of benzene rings is 3. The smallest absolute Gasteiger partial charge is 0.266 e. The number of carbonyl (C=O) groups is 2. The second kappa shape index (κ2) is 7.67. The van der Waals surface area contributed by atoms with E-state index in [0.29, 0.717) is 22.0 Å². The molecule has 0 radical (unpaired) electrons. The summed E-state index contributed by atoms with van der Waals surface area (Å²) in [5.41, 5.74) is 1.59. The number of hydroxylamine groups is 1. The number of phenolic OH excluding ortho intramolecular Hbond substituents is 1. The Morgan fingerprint density at radius 1 is 0.903 bits per heavy atom. The zero-order valence-corrected chi connectivity index (χ0v) is 18.3. The topological polar surface area (TPSA) is 70.1 Å². The molecule has 3 atom stereocenters. The Hall–Kier alpha value is -2.87. The fourth-order valence-corrected chi connectivity index (χ4v) is 4.64. The number of halogens is 2. The molecule has 5 rings (SSSR count). The van der Waals surface area contributed by atoms with Crippen LogP contribution in [0.25, 0.3) is 0 Å². The SMILES string of the molecule is O=C1C2ON(c3ccc(Cl)cc3)C(c3cc(Br)ccc3O)C2C(=O)N1c1ccccc1. The monoisotopic (exact) mass is 498 g/mol. The van der Waals surface area contributed by atoms with E-state index in [4.69, 9.17) is 16.4 Å². The number of fused-ring (bicyclic) bond motifs is 1. The van der Waals surface area contributed by atoms with Crippen LogP contribution in [-0.2, 0) is 14.4 Å². The van der Waals surface area contributed by atoms with E-state index < -0.39 is 24.0 Å². The van der Waals surface area contributed by atoms with Crippen LogP contribution >= 0.6 is 27.5 Å². The predicted molar refractivity (Wildman–Crippen MR) is 120 cm³/mol. The molecule has 1 N–H and O–H groups in total. The number of carbonyl (C=O) groups excluding carboxylic acids is 2. The van der Waals surface area contributed by atoms with E-state index in [2.05, 4.69) is 15.9 Å². The minimum Gasteiger partial charge on any atom is -0.508 e. The van der Waals surface area contributed by atoms with Gasteiger partial charge in [-0.25, -0.2) is 9.96 Å². The van der Waals surface area contributed by atoms with Crippen LogP contribution in [0.15, 0.2) is 77.3 Å². The lowest BCUT2D eigenvalue weighted by Crippen LogP contribution is -2.37. The number of imide groups is 1. The highest BCUT2D eigenvalue weighted by molar-refractivity contribution is 9.10. The molecule has 3 aromatic rings. The number of amides is 2. The summed E-state index contributed by atoms with van der Waals surface area (Å²) >= 11 is 9.45. The number of phenols is 1. The van der Waals surface area contributed by atoms with Gasteiger partial charge in [0.1, 0.15) is 11.7 Å². The molecule has 3 unspecified atom stereocenters. The molecule has 2 aliphatic rings. The third-order valence-corrected chi connectivity index (χ3v) is 6.26. The van der Waals surface area contributed by atoms with Gasteiger partial charge in [0.05, 0.1) is 17.4 Å². The van der Waals surface area contributed by atoms with Gasteiger partial charge in [-0.1, -0.05) is 45.7 Å². The molecule has 2 saturated heterocycles. The van der Waals surface area contributed by atoms with Crippen molar-refractivity contribution >= 4 is 50.7 Å². The molecular formula is C23H16BrClN2O4. The van der Waals surface area contributed by atoms with Crippen molar-refractivity contribution in [3.63, 3.8) is 0 Å². The first-order valence-electron chi connectivity index (χ1n) is 9.58. The summed E-state index contributed by atoms with van der Waals surface area (Å²) in [5, 5.41) is 12.7. The van der Waals surface area contributed by atoms with Gasteiger partial charge in [-0.3, -0.25) is 14.4 Å². The lowest BCUT2D eigenvalue weighted by molar-refractivity contribution is -0.126. The summed E-state index contributed by atoms with van der Waals surface area (Å²) in [5.74, 6) is -1.63. The molecular weight excluding hydrogens is 484 g/mol. The van der Waals surface area contributed by atoms with Crippen LogP contribution in [0.5, 0.6) is 5.75 Å². The average molecular weight is 500 g/mol. The Morgan fingerprint density at radius 3 is 2.32 bits per heavy atom. The molecule has 2 heterocycles. The van der Waals surface area contributed by atoms with Gasteiger partial charge in [0.2, 0.25) is 5.91 Å². The molecule has 0 aromatic heterocycles. The van der Waals surface area contributed by atoms with Gasteiger partial charge in [0.25, 0.3) is 5.91 Å². The zero-order valence-electron chi connectivity index (χ0n) is 16.0. The van der Waals surface area contributed by atoms with Crippen molar-refractivity contribution in [2.45, 2.75) is 12.1 Å². The van der Waals surface area contributed by atoms with Crippen molar-refractivity contribution in [2.75, 3.05) is 9.96 Å². The number of anilines is 2. The Morgan fingerprint density at radius 2 is 1.61 bits per heavy atom. The van der Waals surface area contributed by atoms with Crippen LogP contribution < -0.4 is 9.96 Å². The summed E-state index contributed by atoms with van der Waals surface area (Å²) < 4.78 is 0.733. The van der Waals surface area contributed by atoms with Gasteiger partial charge >= 0.3 is 0 Å². The zero-order chi connectivity index (χ0) is 21.7. The Labute approximate surface area is 191 Å². The molecule has 6 nitrogen and oxygen atoms in total. The van der Waals surface area contributed by atoms with Crippen molar-refractivity contribution in [3.8, 4) is 5.75 Å². The quantitative estimate of drug-likeness (QED) is 0.521. The van der Waals surface area contributed by atoms with Crippen molar-refractivity contribution < 1.29 is 19.5 Å². The number of hydrogen-bond donors (Lipinski definition) is 1. The van der Waals surface area contributed by atoms with Gasteiger partial charge in [0.15, 0.2) is 6.10 Å². The third-order valence-electron chi connectivity index (χ3n) is 5.52. The van der Waals surface area contributed by atoms with E-state index >= 15 is 0 Å². The molecule has 3 aromatic carbocycles. The van der Waals surface area contributed by atoms with Crippen molar-refractivity contribution in [2.24, 2.45) is 5.92 Å². The fraction of sp³-hybridized carbons (Fsp3) is 0.130. The first-order chi connectivity index (χ1) is 15.0. The maximum absolute atomic E-state index is 13.5. The van der Waals surface area contributed by atoms with Gasteiger partial charge < -0.3 is 5.11 Å². The standard InChI is InChI=1S/C23H16BrClN2O4/c24-13-6-11-18(28)17(12-13)20-19-21(31-27(20)16-9-7-14(25)8-10-16)23(30)26(22(19)29)15-4-2-1-3-5-15/h1-12,19-21,28H. The van der Waals surface area contributed by atoms with Gasteiger partial charge in [-0.2, -0.15) is 0 Å². The first kappa shape index (κ1) is 20.1. The highest BCUT2D eigenvalue weighted by Gasteiger charge is 2.60. The molecule has 0 aliphatic carbocycles. The minimum absolute atomic E-state index is 0.00910. The van der Waals surface area contributed by atoms with Crippen LogP contribution in [0.4, 0.5) is 11.4 Å². The van der Waals surface area contributed by atoms with E-state index in [0.717, 1.165) is 9.37 Å². The molecule has 0 saturated carbocycles. The highest BCUT2D eigenvalue weighted by Crippen LogP contribution is 2.49. The third kappa shape index (κ3) is 3.29. The van der Waals surface area contributed by atoms with Crippen LogP contribution in [-0.4, -0.2) is 23.0 Å². The van der Waals surface area contributed by atoms with E-state index in [-0.39, 0.29) is 11.7 Å². The van der Waals surface area contributed by atoms with E-state index in [1.54, 1.807) is 66.7 Å². The summed E-state index contributed by atoms with van der Waals surface area (Å²) in [6.45, 7) is 0. The summed E-state index contributed by atoms with van der Waals surface area (Å²) in [4.78, 5) is 33.9. The molecule has 2 fully saturated rings. The van der Waals surface area contributed by atoms with Crippen molar-refractivity contribution in [1.82, 2.24) is 0 Å². The fourth-order valence-electron chi connectivity index (χ4n) is 4.14. The lowest BCUT2D eigenvalue weighted by Gasteiger charge is -2.29. The first-order valence-corrected chi connectivity index (χ1v) is 10.8. The normalized spacial score (nSPS) is 22.8. The second-order valence-electron chi connectivity index (χ2n) is 7.35. The molecule has 31 heavy (non-hydrogen) atoms. The van der Waals surface area contributed by atoms with Gasteiger partial charge in [-0.05, 0) is 54.6 Å². The molecule has 2 aliphatic heterocycles. The maximum Gasteiger partial charge on any atom is 0.266 e. The van der Waals surface area contributed by atoms with E-state index in [9.17, 15) is 14.7 Å². The van der Waals surface area contributed by atoms with E-state index in [1.807, 2.05) is 6.07 Å². The summed E-state index contributed by atoms with van der Waals surface area (Å²) in [7, 11) is 0. The number of aromatic hydroxyl groups is 1. The molecule has 156 valence electrons. The van der Waals surface area contributed by atoms with Crippen molar-refractivity contribution in [1.29, 1.82) is 0 Å². The molecule has 2 amide bonds. The molecule has 8 heteroatoms. The van der Waals surface area contributed by atoms with Gasteiger partial charge in [0, 0.05) is 15.1 Å².